The topological polar surface area (TPSA) is 42.7 Å². The average molecular weight is 305 g/mol. The molecule has 1 N–H and O–H groups in total. The Balaban J connectivity index is 1.96. The van der Waals surface area contributed by atoms with Crippen LogP contribution in [0.1, 0.15) is 11.1 Å². The van der Waals surface area contributed by atoms with Crippen LogP contribution in [0, 0.1) is 6.92 Å². The Labute approximate surface area is 118 Å². The first-order valence-corrected chi connectivity index (χ1v) is 6.20. The number of nitrogens with zero attached hydrogens (tertiary/aromatic N) is 3. The first-order chi connectivity index (χ1) is 9.36. The Bertz CT molecular complexity index is 595. The van der Waals surface area contributed by atoms with Crippen molar-refractivity contribution in [1.82, 2.24) is 14.8 Å². The van der Waals surface area contributed by atoms with Crippen LogP contribution in [0.4, 0.5) is 19.0 Å². The van der Waals surface area contributed by atoms with Crippen molar-refractivity contribution in [3.05, 3.63) is 40.8 Å². The Kier molecular flexibility index (Phi) is 4.17. The lowest BCUT2D eigenvalue weighted by molar-refractivity contribution is -0.137. The van der Waals surface area contributed by atoms with Gasteiger partial charge < -0.3 is 5.32 Å². The number of halogens is 4. The summed E-state index contributed by atoms with van der Waals surface area (Å²) in [5, 5.41) is 6.91. The third-order valence-electron chi connectivity index (χ3n) is 2.56. The van der Waals surface area contributed by atoms with Gasteiger partial charge in [0.2, 0.25) is 0 Å². The summed E-state index contributed by atoms with van der Waals surface area (Å²) in [5.41, 5.74) is 0.173. The fraction of sp³-hybridized carbons (Fsp3) is 0.333. The second-order valence-corrected chi connectivity index (χ2v) is 4.67. The molecule has 4 nitrogen and oxygen atoms in total. The first kappa shape index (κ1) is 14.6. The van der Waals surface area contributed by atoms with Crippen molar-refractivity contribution in [2.24, 2.45) is 0 Å². The van der Waals surface area contributed by atoms with E-state index in [4.69, 9.17) is 11.6 Å². The monoisotopic (exact) mass is 304 g/mol. The Morgan fingerprint density at radius 2 is 2.10 bits per heavy atom. The molecule has 0 bridgehead atoms. The molecule has 0 aliphatic heterocycles. The van der Waals surface area contributed by atoms with Crippen molar-refractivity contribution in [1.29, 1.82) is 0 Å². The molecule has 8 heteroatoms. The Morgan fingerprint density at radius 1 is 1.35 bits per heavy atom. The lowest BCUT2D eigenvalue weighted by Gasteiger charge is -2.10. The Morgan fingerprint density at radius 3 is 2.65 bits per heavy atom. The first-order valence-electron chi connectivity index (χ1n) is 5.82. The van der Waals surface area contributed by atoms with Gasteiger partial charge >= 0.3 is 6.18 Å². The molecule has 2 aromatic heterocycles. The number of anilines is 1. The van der Waals surface area contributed by atoms with E-state index < -0.39 is 11.7 Å². The molecule has 0 amide bonds. The minimum absolute atomic E-state index is 0.0588. The molecule has 20 heavy (non-hydrogen) atoms. The summed E-state index contributed by atoms with van der Waals surface area (Å²) in [5.74, 6) is 0.226. The molecule has 2 rings (SSSR count). The van der Waals surface area contributed by atoms with Crippen LogP contribution in [0.2, 0.25) is 5.02 Å². The molecule has 0 atom stereocenters. The second kappa shape index (κ2) is 5.70. The van der Waals surface area contributed by atoms with Crippen LogP contribution in [0.25, 0.3) is 0 Å². The maximum Gasteiger partial charge on any atom is 0.417 e. The second-order valence-electron chi connectivity index (χ2n) is 4.26. The smallest absolute Gasteiger partial charge is 0.367 e. The number of aryl methyl sites for hydroxylation is 1. The van der Waals surface area contributed by atoms with Gasteiger partial charge in [-0.2, -0.15) is 18.3 Å². The van der Waals surface area contributed by atoms with E-state index in [0.717, 1.165) is 17.8 Å². The summed E-state index contributed by atoms with van der Waals surface area (Å²) in [6, 6.07) is 0.856. The minimum Gasteiger partial charge on any atom is -0.367 e. The maximum atomic E-state index is 12.4. The predicted octanol–water partition coefficient (Wildman–Crippen LogP) is 3.37. The van der Waals surface area contributed by atoms with Gasteiger partial charge in [-0.05, 0) is 18.6 Å². The zero-order valence-electron chi connectivity index (χ0n) is 10.6. The number of alkyl halides is 3. The molecule has 0 saturated carbocycles. The van der Waals surface area contributed by atoms with Crippen LogP contribution in [0.5, 0.6) is 0 Å². The van der Waals surface area contributed by atoms with Crippen LogP contribution in [0.3, 0.4) is 0 Å². The van der Waals surface area contributed by atoms with Crippen LogP contribution in [-0.2, 0) is 12.7 Å². The molecule has 0 fully saturated rings. The predicted molar refractivity (Wildman–Crippen MR) is 69.7 cm³/mol. The SMILES string of the molecule is Cc1cnn(CCNc2ncc(C(F)(F)F)cc2Cl)c1. The van der Waals surface area contributed by atoms with Gasteiger partial charge in [0.25, 0.3) is 0 Å². The number of rotatable bonds is 4. The van der Waals surface area contributed by atoms with E-state index in [1.165, 1.54) is 0 Å². The number of hydrogen-bond acceptors (Lipinski definition) is 3. The van der Waals surface area contributed by atoms with Crippen molar-refractivity contribution in [2.45, 2.75) is 19.6 Å². The van der Waals surface area contributed by atoms with E-state index >= 15 is 0 Å². The van der Waals surface area contributed by atoms with Crippen LogP contribution >= 0.6 is 11.6 Å². The van der Waals surface area contributed by atoms with Crippen molar-refractivity contribution in [3.8, 4) is 0 Å². The quantitative estimate of drug-likeness (QED) is 0.941. The molecular weight excluding hydrogens is 293 g/mol. The minimum atomic E-state index is -4.44. The summed E-state index contributed by atoms with van der Waals surface area (Å²) in [4.78, 5) is 3.69. The molecule has 0 spiro atoms. The van der Waals surface area contributed by atoms with Gasteiger partial charge in [-0.15, -0.1) is 0 Å². The number of aromatic nitrogens is 3. The highest BCUT2D eigenvalue weighted by molar-refractivity contribution is 6.32. The number of hydrogen-bond donors (Lipinski definition) is 1. The van der Waals surface area contributed by atoms with E-state index in [9.17, 15) is 13.2 Å². The summed E-state index contributed by atoms with van der Waals surface area (Å²) in [6.45, 7) is 2.94. The van der Waals surface area contributed by atoms with E-state index in [2.05, 4.69) is 15.4 Å². The normalized spacial score (nSPS) is 11.7. The molecule has 2 heterocycles. The fourth-order valence-electron chi connectivity index (χ4n) is 1.60. The zero-order chi connectivity index (χ0) is 14.8. The molecule has 0 unspecified atom stereocenters. The average Bonchev–Trinajstić information content (AvgIpc) is 2.76. The Hall–Kier alpha value is -1.76. The molecule has 108 valence electrons. The number of pyridine rings is 1. The van der Waals surface area contributed by atoms with E-state index in [0.29, 0.717) is 13.1 Å². The molecule has 0 radical (unpaired) electrons. The molecule has 0 aliphatic rings. The summed E-state index contributed by atoms with van der Waals surface area (Å²) < 4.78 is 39.1. The number of nitrogens with one attached hydrogen (secondary N) is 1. The van der Waals surface area contributed by atoms with Crippen molar-refractivity contribution in [2.75, 3.05) is 11.9 Å². The lowest BCUT2D eigenvalue weighted by atomic mass is 10.3. The van der Waals surface area contributed by atoms with Crippen molar-refractivity contribution in [3.63, 3.8) is 0 Å². The third-order valence-corrected chi connectivity index (χ3v) is 2.85. The highest BCUT2D eigenvalue weighted by Gasteiger charge is 2.31. The van der Waals surface area contributed by atoms with Crippen molar-refractivity contribution >= 4 is 17.4 Å². The lowest BCUT2D eigenvalue weighted by Crippen LogP contribution is -2.13. The summed E-state index contributed by atoms with van der Waals surface area (Å²) in [6.07, 6.45) is -0.0964. The molecule has 0 saturated heterocycles. The van der Waals surface area contributed by atoms with Gasteiger partial charge in [-0.25, -0.2) is 4.98 Å². The largest absolute Gasteiger partial charge is 0.417 e. The fourth-order valence-corrected chi connectivity index (χ4v) is 1.83. The standard InChI is InChI=1S/C12H12ClF3N4/c1-8-5-19-20(7-8)3-2-17-11-10(13)4-9(6-18-11)12(14,15)16/h4-7H,2-3H2,1H3,(H,17,18). The third kappa shape index (κ3) is 3.63. The van der Waals surface area contributed by atoms with Gasteiger partial charge in [0.15, 0.2) is 0 Å². The highest BCUT2D eigenvalue weighted by Crippen LogP contribution is 2.32. The van der Waals surface area contributed by atoms with Crippen LogP contribution < -0.4 is 5.32 Å². The summed E-state index contributed by atoms with van der Waals surface area (Å²) in [7, 11) is 0. The highest BCUT2D eigenvalue weighted by atomic mass is 35.5. The van der Waals surface area contributed by atoms with Gasteiger partial charge in [-0.3, -0.25) is 4.68 Å². The summed E-state index contributed by atoms with van der Waals surface area (Å²) >= 11 is 5.77. The van der Waals surface area contributed by atoms with Gasteiger partial charge in [0, 0.05) is 18.9 Å². The van der Waals surface area contributed by atoms with E-state index in [-0.39, 0.29) is 10.8 Å². The van der Waals surface area contributed by atoms with Crippen molar-refractivity contribution < 1.29 is 13.2 Å². The van der Waals surface area contributed by atoms with E-state index in [1.807, 2.05) is 13.1 Å². The van der Waals surface area contributed by atoms with E-state index in [1.54, 1.807) is 10.9 Å². The molecule has 2 aromatic rings. The molecule has 0 aliphatic carbocycles. The molecular formula is C12H12ClF3N4. The maximum absolute atomic E-state index is 12.4. The van der Waals surface area contributed by atoms with Gasteiger partial charge in [-0.1, -0.05) is 11.6 Å². The van der Waals surface area contributed by atoms with Gasteiger partial charge in [0.1, 0.15) is 5.82 Å². The van der Waals surface area contributed by atoms with Gasteiger partial charge in [0.05, 0.1) is 23.3 Å². The zero-order valence-corrected chi connectivity index (χ0v) is 11.3. The van der Waals surface area contributed by atoms with Crippen LogP contribution in [-0.4, -0.2) is 21.3 Å². The van der Waals surface area contributed by atoms with Crippen LogP contribution in [0.15, 0.2) is 24.7 Å². The molecule has 0 aromatic carbocycles.